The number of nitrogens with zero attached hydrogens (tertiary/aromatic N) is 1. The molecular formula is C18H27N3O3. The van der Waals surface area contributed by atoms with E-state index in [0.717, 1.165) is 24.0 Å². The minimum atomic E-state index is -0.652. The highest BCUT2D eigenvalue weighted by atomic mass is 16.5. The van der Waals surface area contributed by atoms with Crippen LogP contribution < -0.4 is 11.2 Å². The molecule has 0 aromatic heterocycles. The van der Waals surface area contributed by atoms with Gasteiger partial charge < -0.3 is 10.6 Å². The normalized spacial score (nSPS) is 21.8. The summed E-state index contributed by atoms with van der Waals surface area (Å²) in [6.45, 7) is 4.98. The van der Waals surface area contributed by atoms with Crippen molar-refractivity contribution >= 4 is 11.8 Å². The molecule has 6 heteroatoms. The molecule has 1 aliphatic heterocycles. The van der Waals surface area contributed by atoms with Crippen molar-refractivity contribution in [3.05, 3.63) is 35.4 Å². The van der Waals surface area contributed by atoms with Gasteiger partial charge in [-0.25, -0.2) is 5.48 Å². The lowest BCUT2D eigenvalue weighted by Gasteiger charge is -2.29. The molecule has 1 aliphatic rings. The van der Waals surface area contributed by atoms with Gasteiger partial charge in [-0.05, 0) is 51.6 Å². The predicted octanol–water partition coefficient (Wildman–Crippen LogP) is 1.49. The highest BCUT2D eigenvalue weighted by Gasteiger charge is 2.47. The number of carbonyl (C=O) groups excluding carboxylic acids is 2. The fourth-order valence-corrected chi connectivity index (χ4v) is 3.34. The molecule has 2 rings (SSSR count). The van der Waals surface area contributed by atoms with Crippen LogP contribution in [0.1, 0.15) is 43.7 Å². The van der Waals surface area contributed by atoms with Crippen molar-refractivity contribution in [2.24, 2.45) is 5.73 Å². The van der Waals surface area contributed by atoms with Crippen molar-refractivity contribution in [1.82, 2.24) is 10.4 Å². The molecule has 1 aromatic carbocycles. The SMILES string of the molecule is Cc1ccc(C2(C)CCN([C@H](CCCCN)C(=O)NO)C2=O)cc1. The smallest absolute Gasteiger partial charge is 0.266 e. The molecule has 2 amide bonds. The molecule has 0 bridgehead atoms. The van der Waals surface area contributed by atoms with Gasteiger partial charge in [0.2, 0.25) is 5.91 Å². The molecule has 0 aliphatic carbocycles. The predicted molar refractivity (Wildman–Crippen MR) is 91.5 cm³/mol. The van der Waals surface area contributed by atoms with Crippen LogP contribution in [0, 0.1) is 6.92 Å². The van der Waals surface area contributed by atoms with Crippen LogP contribution in [-0.4, -0.2) is 41.1 Å². The van der Waals surface area contributed by atoms with Gasteiger partial charge in [0, 0.05) is 6.54 Å². The van der Waals surface area contributed by atoms with E-state index in [9.17, 15) is 9.59 Å². The van der Waals surface area contributed by atoms with E-state index < -0.39 is 17.4 Å². The Kier molecular flexibility index (Phi) is 5.96. The summed E-state index contributed by atoms with van der Waals surface area (Å²) >= 11 is 0. The van der Waals surface area contributed by atoms with E-state index in [1.54, 1.807) is 10.4 Å². The minimum absolute atomic E-state index is 0.0623. The Bertz CT molecular complexity index is 588. The van der Waals surface area contributed by atoms with Crippen LogP contribution in [0.2, 0.25) is 0 Å². The van der Waals surface area contributed by atoms with Gasteiger partial charge in [0.05, 0.1) is 5.41 Å². The van der Waals surface area contributed by atoms with Crippen molar-refractivity contribution in [3.8, 4) is 0 Å². The number of amides is 2. The summed E-state index contributed by atoms with van der Waals surface area (Å²) in [5, 5.41) is 9.02. The zero-order valence-electron chi connectivity index (χ0n) is 14.4. The average Bonchev–Trinajstić information content (AvgIpc) is 2.88. The number of hydrogen-bond donors (Lipinski definition) is 3. The first kappa shape index (κ1) is 18.4. The van der Waals surface area contributed by atoms with E-state index in [1.807, 2.05) is 38.1 Å². The first-order valence-electron chi connectivity index (χ1n) is 8.46. The van der Waals surface area contributed by atoms with E-state index in [-0.39, 0.29) is 5.91 Å². The van der Waals surface area contributed by atoms with Gasteiger partial charge in [0.15, 0.2) is 0 Å². The first-order chi connectivity index (χ1) is 11.4. The van der Waals surface area contributed by atoms with Gasteiger partial charge in [-0.3, -0.25) is 14.8 Å². The number of unbranched alkanes of at least 4 members (excludes halogenated alkanes) is 1. The van der Waals surface area contributed by atoms with Crippen molar-refractivity contribution in [2.75, 3.05) is 13.1 Å². The van der Waals surface area contributed by atoms with Crippen LogP contribution in [-0.2, 0) is 15.0 Å². The van der Waals surface area contributed by atoms with Gasteiger partial charge in [0.1, 0.15) is 6.04 Å². The van der Waals surface area contributed by atoms with Crippen molar-refractivity contribution in [2.45, 2.75) is 51.0 Å². The number of rotatable bonds is 7. The third kappa shape index (κ3) is 3.60. The van der Waals surface area contributed by atoms with Crippen LogP contribution in [0.25, 0.3) is 0 Å². The second-order valence-corrected chi connectivity index (χ2v) is 6.72. The Morgan fingerprint density at radius 2 is 2.04 bits per heavy atom. The molecule has 4 N–H and O–H groups in total. The highest BCUT2D eigenvalue weighted by molar-refractivity contribution is 5.94. The monoisotopic (exact) mass is 333 g/mol. The maximum absolute atomic E-state index is 13.0. The Labute approximate surface area is 143 Å². The van der Waals surface area contributed by atoms with Crippen molar-refractivity contribution in [3.63, 3.8) is 0 Å². The lowest BCUT2D eigenvalue weighted by Crippen LogP contribution is -2.49. The van der Waals surface area contributed by atoms with Crippen LogP contribution in [0.4, 0.5) is 0 Å². The molecule has 1 heterocycles. The van der Waals surface area contributed by atoms with Crippen LogP contribution >= 0.6 is 0 Å². The van der Waals surface area contributed by atoms with Gasteiger partial charge in [-0.15, -0.1) is 0 Å². The molecule has 2 atom stereocenters. The second-order valence-electron chi connectivity index (χ2n) is 6.72. The van der Waals surface area contributed by atoms with E-state index in [2.05, 4.69) is 0 Å². The fraction of sp³-hybridized carbons (Fsp3) is 0.556. The van der Waals surface area contributed by atoms with E-state index in [4.69, 9.17) is 10.9 Å². The van der Waals surface area contributed by atoms with Gasteiger partial charge in [-0.2, -0.15) is 0 Å². The molecule has 24 heavy (non-hydrogen) atoms. The summed E-state index contributed by atoms with van der Waals surface area (Å²) in [4.78, 5) is 26.7. The standard InChI is InChI=1S/C18H27N3O3/c1-13-6-8-14(9-7-13)18(2)10-12-21(17(18)23)15(16(22)20-24)5-3-4-11-19/h6-9,15,24H,3-5,10-12,19H2,1-2H3,(H,20,22)/t15-,18?/m1/s1. The van der Waals surface area contributed by atoms with Crippen LogP contribution in [0.5, 0.6) is 0 Å². The molecule has 6 nitrogen and oxygen atoms in total. The molecule has 1 unspecified atom stereocenters. The summed E-state index contributed by atoms with van der Waals surface area (Å²) < 4.78 is 0. The lowest BCUT2D eigenvalue weighted by atomic mass is 9.81. The molecule has 1 aromatic rings. The quantitative estimate of drug-likeness (QED) is 0.400. The van der Waals surface area contributed by atoms with Gasteiger partial charge in [-0.1, -0.05) is 29.8 Å². The topological polar surface area (TPSA) is 95.7 Å². The number of hydrogen-bond acceptors (Lipinski definition) is 4. The third-order valence-electron chi connectivity index (χ3n) is 5.00. The molecule has 132 valence electrons. The highest BCUT2D eigenvalue weighted by Crippen LogP contribution is 2.37. The molecule has 1 fully saturated rings. The number of likely N-dealkylation sites (tertiary alicyclic amines) is 1. The van der Waals surface area contributed by atoms with Gasteiger partial charge in [0.25, 0.3) is 5.91 Å². The lowest BCUT2D eigenvalue weighted by molar-refractivity contribution is -0.144. The Balaban J connectivity index is 2.20. The van der Waals surface area contributed by atoms with Gasteiger partial charge >= 0.3 is 0 Å². The molecular weight excluding hydrogens is 306 g/mol. The van der Waals surface area contributed by atoms with Crippen molar-refractivity contribution < 1.29 is 14.8 Å². The van der Waals surface area contributed by atoms with Crippen LogP contribution in [0.15, 0.2) is 24.3 Å². The molecule has 0 radical (unpaired) electrons. The number of hydroxylamine groups is 1. The number of nitrogens with one attached hydrogen (secondary N) is 1. The third-order valence-corrected chi connectivity index (χ3v) is 5.00. The number of nitrogens with two attached hydrogens (primary N) is 1. The first-order valence-corrected chi connectivity index (χ1v) is 8.46. The molecule has 0 saturated carbocycles. The molecule has 0 spiro atoms. The Hall–Kier alpha value is -1.92. The van der Waals surface area contributed by atoms with Crippen LogP contribution in [0.3, 0.4) is 0 Å². The zero-order valence-corrected chi connectivity index (χ0v) is 14.4. The summed E-state index contributed by atoms with van der Waals surface area (Å²) in [6.07, 6.45) is 2.67. The largest absolute Gasteiger partial charge is 0.330 e. The van der Waals surface area contributed by atoms with E-state index in [1.165, 1.54) is 0 Å². The summed E-state index contributed by atoms with van der Waals surface area (Å²) in [5.41, 5.74) is 8.68. The minimum Gasteiger partial charge on any atom is -0.330 e. The Morgan fingerprint density at radius 1 is 1.38 bits per heavy atom. The average molecular weight is 333 g/mol. The number of aryl methyl sites for hydroxylation is 1. The zero-order chi connectivity index (χ0) is 17.7. The Morgan fingerprint density at radius 3 is 2.62 bits per heavy atom. The fourth-order valence-electron chi connectivity index (χ4n) is 3.34. The summed E-state index contributed by atoms with van der Waals surface area (Å²) in [7, 11) is 0. The molecule has 1 saturated heterocycles. The summed E-state index contributed by atoms with van der Waals surface area (Å²) in [6, 6.07) is 7.30. The van der Waals surface area contributed by atoms with E-state index in [0.29, 0.717) is 25.9 Å². The number of carbonyl (C=O) groups is 2. The second kappa shape index (κ2) is 7.77. The van der Waals surface area contributed by atoms with E-state index >= 15 is 0 Å². The summed E-state index contributed by atoms with van der Waals surface area (Å²) in [5.74, 6) is -0.596. The number of benzene rings is 1. The maximum Gasteiger partial charge on any atom is 0.266 e. The maximum atomic E-state index is 13.0. The van der Waals surface area contributed by atoms with Crippen molar-refractivity contribution in [1.29, 1.82) is 0 Å².